The van der Waals surface area contributed by atoms with Gasteiger partial charge < -0.3 is 10.7 Å². The molecule has 0 bridgehead atoms. The van der Waals surface area contributed by atoms with Gasteiger partial charge in [-0.2, -0.15) is 0 Å². The van der Waals surface area contributed by atoms with Crippen LogP contribution < -0.4 is 5.73 Å². The summed E-state index contributed by atoms with van der Waals surface area (Å²) in [5.74, 6) is 0. The van der Waals surface area contributed by atoms with Gasteiger partial charge in [-0.05, 0) is 49.6 Å². The van der Waals surface area contributed by atoms with Crippen LogP contribution >= 0.6 is 46.4 Å². The van der Waals surface area contributed by atoms with Crippen molar-refractivity contribution in [3.8, 4) is 11.3 Å². The third-order valence-electron chi connectivity index (χ3n) is 4.02. The molecule has 3 rings (SSSR count). The predicted octanol–water partition coefficient (Wildman–Crippen LogP) is 6.73. The molecule has 6 heteroatoms. The highest BCUT2D eigenvalue weighted by Crippen LogP contribution is 2.41. The highest BCUT2D eigenvalue weighted by atomic mass is 35.5. The molecule has 0 spiro atoms. The second-order valence-corrected chi connectivity index (χ2v) is 7.26. The lowest BCUT2D eigenvalue weighted by Crippen LogP contribution is -1.99. The minimum absolute atomic E-state index is 0.518. The van der Waals surface area contributed by atoms with Gasteiger partial charge in [0, 0.05) is 21.5 Å². The van der Waals surface area contributed by atoms with Gasteiger partial charge in [0.2, 0.25) is 0 Å². The molecular formula is C18H16Cl4N2. The third kappa shape index (κ3) is 3.40. The number of nitrogens with one attached hydrogen (secondary N) is 1. The number of hydrogen-bond donors (Lipinski definition) is 2. The Bertz CT molecular complexity index is 886. The average Bonchev–Trinajstić information content (AvgIpc) is 2.89. The number of hydrogen-bond acceptors (Lipinski definition) is 1. The Morgan fingerprint density at radius 1 is 0.958 bits per heavy atom. The Balaban J connectivity index is 2.24. The Morgan fingerprint density at radius 2 is 1.75 bits per heavy atom. The third-order valence-corrected chi connectivity index (χ3v) is 5.36. The second-order valence-electron chi connectivity index (χ2n) is 5.64. The first-order chi connectivity index (χ1) is 11.5. The molecule has 1 heterocycles. The average molecular weight is 402 g/mol. The molecule has 3 N–H and O–H groups in total. The van der Waals surface area contributed by atoms with E-state index in [0.29, 0.717) is 26.6 Å². The summed E-state index contributed by atoms with van der Waals surface area (Å²) in [6.07, 6.45) is 2.75. The topological polar surface area (TPSA) is 41.8 Å². The molecule has 0 aliphatic carbocycles. The summed E-state index contributed by atoms with van der Waals surface area (Å²) in [5.41, 5.74) is 9.42. The van der Waals surface area contributed by atoms with Gasteiger partial charge >= 0.3 is 0 Å². The number of aromatic amines is 1. The maximum atomic E-state index is 6.46. The maximum Gasteiger partial charge on any atom is 0.0685 e. The Kier molecular flexibility index (Phi) is 5.63. The van der Waals surface area contributed by atoms with Crippen LogP contribution in [0.25, 0.3) is 22.2 Å². The van der Waals surface area contributed by atoms with Gasteiger partial charge in [-0.15, -0.1) is 0 Å². The van der Waals surface area contributed by atoms with Crippen molar-refractivity contribution >= 4 is 57.3 Å². The van der Waals surface area contributed by atoms with E-state index in [2.05, 4.69) is 4.98 Å². The fraction of sp³-hybridized carbons (Fsp3) is 0.222. The lowest BCUT2D eigenvalue weighted by molar-refractivity contribution is 0.748. The standard InChI is InChI=1S/C18H16Cl4N2/c19-10-8-14(21)16-11(4-1-2-7-23)18(24-15(16)9-10)12-5-3-6-13(20)17(12)22/h3,5-6,8-9,24H,1-2,4,7,23H2. The monoisotopic (exact) mass is 400 g/mol. The molecule has 1 aromatic heterocycles. The summed E-state index contributed by atoms with van der Waals surface area (Å²) < 4.78 is 0. The van der Waals surface area contributed by atoms with Crippen LogP contribution in [0.5, 0.6) is 0 Å². The molecule has 3 aromatic rings. The highest BCUT2D eigenvalue weighted by molar-refractivity contribution is 6.44. The first-order valence-corrected chi connectivity index (χ1v) is 9.18. The molecule has 2 aromatic carbocycles. The minimum Gasteiger partial charge on any atom is -0.354 e. The fourth-order valence-corrected chi connectivity index (χ4v) is 3.94. The zero-order valence-electron chi connectivity index (χ0n) is 12.8. The van der Waals surface area contributed by atoms with Crippen molar-refractivity contribution < 1.29 is 0 Å². The summed E-state index contributed by atoms with van der Waals surface area (Å²) in [7, 11) is 0. The summed E-state index contributed by atoms with van der Waals surface area (Å²) in [6.45, 7) is 0.662. The van der Waals surface area contributed by atoms with Crippen LogP contribution in [-0.2, 0) is 6.42 Å². The SMILES string of the molecule is NCCCCc1c(-c2cccc(Cl)c2Cl)[nH]c2cc(Cl)cc(Cl)c12. The van der Waals surface area contributed by atoms with Gasteiger partial charge in [0.1, 0.15) is 0 Å². The predicted molar refractivity (Wildman–Crippen MR) is 106 cm³/mol. The van der Waals surface area contributed by atoms with Gasteiger partial charge in [-0.25, -0.2) is 0 Å². The highest BCUT2D eigenvalue weighted by Gasteiger charge is 2.18. The number of fused-ring (bicyclic) bond motifs is 1. The number of unbranched alkanes of at least 4 members (excludes halogenated alkanes) is 1. The van der Waals surface area contributed by atoms with Crippen LogP contribution in [-0.4, -0.2) is 11.5 Å². The number of halogens is 4. The number of benzene rings is 2. The van der Waals surface area contributed by atoms with Gasteiger partial charge in [0.15, 0.2) is 0 Å². The zero-order valence-corrected chi connectivity index (χ0v) is 15.8. The van der Waals surface area contributed by atoms with E-state index in [9.17, 15) is 0 Å². The summed E-state index contributed by atoms with van der Waals surface area (Å²) >= 11 is 25.2. The summed E-state index contributed by atoms with van der Waals surface area (Å²) in [6, 6.07) is 9.23. The molecule has 0 saturated carbocycles. The molecule has 0 saturated heterocycles. The smallest absolute Gasteiger partial charge is 0.0685 e. The Labute approximate surface area is 160 Å². The number of aromatic nitrogens is 1. The quantitative estimate of drug-likeness (QED) is 0.457. The number of aryl methyl sites for hydroxylation is 1. The lowest BCUT2D eigenvalue weighted by Gasteiger charge is -2.08. The van der Waals surface area contributed by atoms with E-state index in [1.165, 1.54) is 0 Å². The van der Waals surface area contributed by atoms with Crippen LogP contribution in [0.15, 0.2) is 30.3 Å². The van der Waals surface area contributed by atoms with E-state index in [1.54, 1.807) is 12.1 Å². The molecular weight excluding hydrogens is 386 g/mol. The first kappa shape index (κ1) is 17.9. The van der Waals surface area contributed by atoms with Crippen LogP contribution in [0, 0.1) is 0 Å². The van der Waals surface area contributed by atoms with Gasteiger partial charge in [0.05, 0.1) is 20.8 Å². The minimum atomic E-state index is 0.518. The van der Waals surface area contributed by atoms with E-state index in [-0.39, 0.29) is 0 Å². The number of nitrogens with two attached hydrogens (primary N) is 1. The van der Waals surface area contributed by atoms with E-state index in [1.807, 2.05) is 18.2 Å². The van der Waals surface area contributed by atoms with Crippen molar-refractivity contribution in [2.24, 2.45) is 5.73 Å². The van der Waals surface area contributed by atoms with Crippen molar-refractivity contribution in [3.05, 3.63) is 56.0 Å². The number of rotatable bonds is 5. The molecule has 0 atom stereocenters. The van der Waals surface area contributed by atoms with Gasteiger partial charge in [-0.1, -0.05) is 58.5 Å². The van der Waals surface area contributed by atoms with Crippen molar-refractivity contribution in [2.75, 3.05) is 6.54 Å². The second kappa shape index (κ2) is 7.55. The molecule has 0 fully saturated rings. The molecule has 24 heavy (non-hydrogen) atoms. The number of H-pyrrole nitrogens is 1. The maximum absolute atomic E-state index is 6.46. The first-order valence-electron chi connectivity index (χ1n) is 7.67. The zero-order chi connectivity index (χ0) is 17.3. The van der Waals surface area contributed by atoms with E-state index < -0.39 is 0 Å². The van der Waals surface area contributed by atoms with E-state index in [4.69, 9.17) is 52.1 Å². The van der Waals surface area contributed by atoms with Crippen molar-refractivity contribution in [1.29, 1.82) is 0 Å². The molecule has 0 aliphatic heterocycles. The molecule has 126 valence electrons. The van der Waals surface area contributed by atoms with Crippen molar-refractivity contribution in [1.82, 2.24) is 4.98 Å². The summed E-state index contributed by atoms with van der Waals surface area (Å²) in [5, 5.41) is 3.23. The largest absolute Gasteiger partial charge is 0.354 e. The molecule has 0 radical (unpaired) electrons. The van der Waals surface area contributed by atoms with Gasteiger partial charge in [-0.3, -0.25) is 0 Å². The van der Waals surface area contributed by atoms with Crippen LogP contribution in [0.4, 0.5) is 0 Å². The van der Waals surface area contributed by atoms with Crippen LogP contribution in [0.2, 0.25) is 20.1 Å². The Hall–Kier alpha value is -0.900. The van der Waals surface area contributed by atoms with Crippen LogP contribution in [0.3, 0.4) is 0 Å². The van der Waals surface area contributed by atoms with Crippen LogP contribution in [0.1, 0.15) is 18.4 Å². The summed E-state index contributed by atoms with van der Waals surface area (Å²) in [4.78, 5) is 3.41. The van der Waals surface area contributed by atoms with Crippen molar-refractivity contribution in [2.45, 2.75) is 19.3 Å². The van der Waals surface area contributed by atoms with Gasteiger partial charge in [0.25, 0.3) is 0 Å². The molecule has 0 amide bonds. The van der Waals surface area contributed by atoms with E-state index >= 15 is 0 Å². The lowest BCUT2D eigenvalue weighted by atomic mass is 10.00. The van der Waals surface area contributed by atoms with E-state index in [0.717, 1.165) is 47.0 Å². The fourth-order valence-electron chi connectivity index (χ4n) is 2.94. The molecule has 2 nitrogen and oxygen atoms in total. The Morgan fingerprint density at radius 3 is 2.50 bits per heavy atom. The molecule has 0 aliphatic rings. The molecule has 0 unspecified atom stereocenters. The normalized spacial score (nSPS) is 11.4. The van der Waals surface area contributed by atoms with Crippen molar-refractivity contribution in [3.63, 3.8) is 0 Å².